The molecule has 11 nitrogen and oxygen atoms in total. The molecule has 5 N–H and O–H groups in total. The number of phenolic OH excluding ortho intramolecular Hbond substituents is 1. The predicted molar refractivity (Wildman–Crippen MR) is 114 cm³/mol. The van der Waals surface area contributed by atoms with E-state index in [1.54, 1.807) is 39.8 Å². The van der Waals surface area contributed by atoms with Gasteiger partial charge < -0.3 is 35.6 Å². The number of benzene rings is 1. The Morgan fingerprint density at radius 1 is 1.03 bits per heavy atom. The Morgan fingerprint density at radius 3 is 2.22 bits per heavy atom. The summed E-state index contributed by atoms with van der Waals surface area (Å²) in [6.07, 6.45) is -2.50. The zero-order chi connectivity index (χ0) is 24.3. The molecule has 3 amide bonds. The van der Waals surface area contributed by atoms with E-state index in [1.807, 2.05) is 0 Å². The van der Waals surface area contributed by atoms with E-state index in [1.165, 1.54) is 12.1 Å². The van der Waals surface area contributed by atoms with Gasteiger partial charge in [0.05, 0.1) is 19.2 Å². The number of ether oxygens (including phenoxy) is 2. The third-order valence-electron chi connectivity index (χ3n) is 3.90. The second-order valence-corrected chi connectivity index (χ2v) is 7.87. The summed E-state index contributed by atoms with van der Waals surface area (Å²) < 4.78 is 9.86. The lowest BCUT2D eigenvalue weighted by molar-refractivity contribution is -0.143. The summed E-state index contributed by atoms with van der Waals surface area (Å²) in [4.78, 5) is 47.6. The zero-order valence-corrected chi connectivity index (χ0v) is 18.6. The summed E-state index contributed by atoms with van der Waals surface area (Å²) in [5.74, 6) is -2.15. The maximum absolute atomic E-state index is 12.4. The van der Waals surface area contributed by atoms with Gasteiger partial charge >= 0.3 is 12.1 Å². The van der Waals surface area contributed by atoms with Crippen molar-refractivity contribution in [1.82, 2.24) is 16.0 Å². The first-order valence-corrected chi connectivity index (χ1v) is 10.1. The Labute approximate surface area is 186 Å². The first kappa shape index (κ1) is 26.7. The molecule has 178 valence electrons. The van der Waals surface area contributed by atoms with Gasteiger partial charge in [-0.25, -0.2) is 4.79 Å². The average molecular weight is 453 g/mol. The molecule has 0 saturated heterocycles. The number of carbonyl (C=O) groups is 4. The standard InChI is InChI=1S/C21H31N3O8/c1-5-31-17(27)12-22-16(26)11-23-19(29)18(28)15(24-20(30)32-21(2,3)4)10-13-6-8-14(25)9-7-13/h6-9,15,18,25,28H,5,10-12H2,1-4H3,(H,22,26)(H,23,29)(H,24,30)/t15-,18+/m1/s1. The first-order valence-electron chi connectivity index (χ1n) is 10.1. The highest BCUT2D eigenvalue weighted by atomic mass is 16.6. The minimum absolute atomic E-state index is 0.0394. The average Bonchev–Trinajstić information content (AvgIpc) is 2.69. The Morgan fingerprint density at radius 2 is 1.66 bits per heavy atom. The third-order valence-corrected chi connectivity index (χ3v) is 3.90. The summed E-state index contributed by atoms with van der Waals surface area (Å²) in [6.45, 7) is 5.95. The van der Waals surface area contributed by atoms with Gasteiger partial charge in [-0.1, -0.05) is 12.1 Å². The number of aliphatic hydroxyl groups is 1. The summed E-state index contributed by atoms with van der Waals surface area (Å²) >= 11 is 0. The van der Waals surface area contributed by atoms with Crippen LogP contribution < -0.4 is 16.0 Å². The van der Waals surface area contributed by atoms with Crippen LogP contribution in [0.15, 0.2) is 24.3 Å². The number of aromatic hydroxyl groups is 1. The van der Waals surface area contributed by atoms with E-state index in [4.69, 9.17) is 4.74 Å². The molecule has 1 rings (SSSR count). The topological polar surface area (TPSA) is 163 Å². The molecule has 0 spiro atoms. The third kappa shape index (κ3) is 10.6. The highest BCUT2D eigenvalue weighted by Crippen LogP contribution is 2.14. The van der Waals surface area contributed by atoms with Crippen LogP contribution in [0.4, 0.5) is 4.79 Å². The lowest BCUT2D eigenvalue weighted by atomic mass is 10.0. The highest BCUT2D eigenvalue weighted by Gasteiger charge is 2.30. The van der Waals surface area contributed by atoms with Crippen molar-refractivity contribution < 1.29 is 38.9 Å². The summed E-state index contributed by atoms with van der Waals surface area (Å²) in [5, 5.41) is 26.9. The van der Waals surface area contributed by atoms with Gasteiger partial charge in [-0.3, -0.25) is 14.4 Å². The fourth-order valence-corrected chi connectivity index (χ4v) is 2.49. The largest absolute Gasteiger partial charge is 0.508 e. The highest BCUT2D eigenvalue weighted by molar-refractivity contribution is 5.89. The van der Waals surface area contributed by atoms with Crippen LogP contribution in [0.3, 0.4) is 0 Å². The molecule has 0 aliphatic rings. The van der Waals surface area contributed by atoms with Crippen molar-refractivity contribution in [3.63, 3.8) is 0 Å². The van der Waals surface area contributed by atoms with Gasteiger partial charge in [0.1, 0.15) is 17.9 Å². The molecule has 1 aromatic carbocycles. The van der Waals surface area contributed by atoms with Gasteiger partial charge in [0.2, 0.25) is 5.91 Å². The molecule has 32 heavy (non-hydrogen) atoms. The van der Waals surface area contributed by atoms with Crippen molar-refractivity contribution in [2.24, 2.45) is 0 Å². The van der Waals surface area contributed by atoms with Crippen molar-refractivity contribution in [1.29, 1.82) is 0 Å². The Kier molecular flexibility index (Phi) is 10.4. The van der Waals surface area contributed by atoms with Crippen LogP contribution in [-0.2, 0) is 30.3 Å². The molecular formula is C21H31N3O8. The zero-order valence-electron chi connectivity index (χ0n) is 18.6. The minimum Gasteiger partial charge on any atom is -0.508 e. The van der Waals surface area contributed by atoms with Crippen molar-refractivity contribution in [3.8, 4) is 5.75 Å². The van der Waals surface area contributed by atoms with Crippen LogP contribution in [0, 0.1) is 0 Å². The Bertz CT molecular complexity index is 789. The van der Waals surface area contributed by atoms with Gasteiger partial charge in [-0.15, -0.1) is 0 Å². The van der Waals surface area contributed by atoms with Crippen molar-refractivity contribution in [3.05, 3.63) is 29.8 Å². The Balaban J connectivity index is 2.75. The van der Waals surface area contributed by atoms with Crippen molar-refractivity contribution >= 4 is 23.9 Å². The monoisotopic (exact) mass is 453 g/mol. The van der Waals surface area contributed by atoms with Crippen LogP contribution in [-0.4, -0.2) is 71.5 Å². The van der Waals surface area contributed by atoms with Crippen molar-refractivity contribution in [2.45, 2.75) is 51.9 Å². The lowest BCUT2D eigenvalue weighted by Gasteiger charge is -2.26. The molecule has 2 atom stereocenters. The molecule has 0 aliphatic heterocycles. The number of amides is 3. The molecule has 0 saturated carbocycles. The summed E-state index contributed by atoms with van der Waals surface area (Å²) in [5.41, 5.74) is -0.167. The number of hydrogen-bond acceptors (Lipinski definition) is 8. The fourth-order valence-electron chi connectivity index (χ4n) is 2.49. The molecule has 0 heterocycles. The number of rotatable bonds is 10. The lowest BCUT2D eigenvalue weighted by Crippen LogP contribution is -2.53. The van der Waals surface area contributed by atoms with Gasteiger partial charge in [0.25, 0.3) is 5.91 Å². The smallest absolute Gasteiger partial charge is 0.407 e. The second-order valence-electron chi connectivity index (χ2n) is 7.87. The molecule has 0 unspecified atom stereocenters. The summed E-state index contributed by atoms with van der Waals surface area (Å²) in [6, 6.07) is 4.93. The molecule has 0 radical (unpaired) electrons. The van der Waals surface area contributed by atoms with Gasteiger partial charge in [0.15, 0.2) is 6.10 Å². The molecule has 0 bridgehead atoms. The molecule has 11 heteroatoms. The molecule has 0 aromatic heterocycles. The van der Waals surface area contributed by atoms with Crippen LogP contribution in [0.2, 0.25) is 0 Å². The van der Waals surface area contributed by atoms with Crippen molar-refractivity contribution in [2.75, 3.05) is 19.7 Å². The number of hydrogen-bond donors (Lipinski definition) is 5. The van der Waals surface area contributed by atoms with E-state index < -0.39 is 48.2 Å². The Hall–Kier alpha value is -3.34. The van der Waals surface area contributed by atoms with Crippen LogP contribution in [0.5, 0.6) is 5.75 Å². The second kappa shape index (κ2) is 12.5. The predicted octanol–water partition coefficient (Wildman–Crippen LogP) is -0.0156. The number of aliphatic hydroxyl groups excluding tert-OH is 1. The van der Waals surface area contributed by atoms with E-state index >= 15 is 0 Å². The van der Waals surface area contributed by atoms with E-state index in [0.29, 0.717) is 5.56 Å². The van der Waals surface area contributed by atoms with E-state index in [-0.39, 0.29) is 25.3 Å². The number of carbonyl (C=O) groups excluding carboxylic acids is 4. The maximum Gasteiger partial charge on any atom is 0.407 e. The van der Waals surface area contributed by atoms with E-state index in [9.17, 15) is 29.4 Å². The summed E-state index contributed by atoms with van der Waals surface area (Å²) in [7, 11) is 0. The van der Waals surface area contributed by atoms with E-state index in [2.05, 4.69) is 20.7 Å². The van der Waals surface area contributed by atoms with E-state index in [0.717, 1.165) is 0 Å². The van der Waals surface area contributed by atoms with Crippen LogP contribution in [0.1, 0.15) is 33.3 Å². The van der Waals surface area contributed by atoms with Gasteiger partial charge in [0, 0.05) is 0 Å². The SMILES string of the molecule is CCOC(=O)CNC(=O)CNC(=O)[C@@H](O)[C@@H](Cc1ccc(O)cc1)NC(=O)OC(C)(C)C. The van der Waals surface area contributed by atoms with Crippen LogP contribution in [0.25, 0.3) is 0 Å². The van der Waals surface area contributed by atoms with Gasteiger partial charge in [-0.2, -0.15) is 0 Å². The first-order chi connectivity index (χ1) is 14.9. The maximum atomic E-state index is 12.4. The number of nitrogens with one attached hydrogen (secondary N) is 3. The molecule has 0 aliphatic carbocycles. The number of phenols is 1. The van der Waals surface area contributed by atoms with Crippen LogP contribution >= 0.6 is 0 Å². The number of esters is 1. The molecule has 0 fully saturated rings. The normalized spacial score (nSPS) is 12.8. The van der Waals surface area contributed by atoms with Gasteiger partial charge in [-0.05, 0) is 51.8 Å². The quantitative estimate of drug-likeness (QED) is 0.309. The minimum atomic E-state index is -1.71. The number of alkyl carbamates (subject to hydrolysis) is 1. The fraction of sp³-hybridized carbons (Fsp3) is 0.524. The molecule has 1 aromatic rings. The molecular weight excluding hydrogens is 422 g/mol.